The van der Waals surface area contributed by atoms with Gasteiger partial charge in [0.25, 0.3) is 0 Å². The number of aliphatic carboxylic acids is 1. The monoisotopic (exact) mass is 374 g/mol. The fourth-order valence-corrected chi connectivity index (χ4v) is 2.95. The Kier molecular flexibility index (Phi) is 6.54. The van der Waals surface area contributed by atoms with Crippen molar-refractivity contribution in [3.8, 4) is 0 Å². The van der Waals surface area contributed by atoms with Crippen molar-refractivity contribution >= 4 is 5.97 Å². The van der Waals surface area contributed by atoms with E-state index in [0.717, 1.165) is 11.1 Å². The van der Waals surface area contributed by atoms with Crippen molar-refractivity contribution in [2.75, 3.05) is 0 Å². The number of carboxylic acids is 1. The summed E-state index contributed by atoms with van der Waals surface area (Å²) in [6.45, 7) is 0.286. The van der Waals surface area contributed by atoms with Crippen LogP contribution in [0, 0.1) is 0 Å². The van der Waals surface area contributed by atoms with E-state index < -0.39 is 36.7 Å². The van der Waals surface area contributed by atoms with Crippen molar-refractivity contribution in [1.82, 2.24) is 0 Å². The zero-order valence-corrected chi connectivity index (χ0v) is 14.5. The SMILES string of the molecule is O=C(O)C1OC(O)C(OCc2ccccc2)C(OCc2ccccc2)C1O. The first kappa shape index (κ1) is 19.5. The van der Waals surface area contributed by atoms with Crippen LogP contribution in [0.15, 0.2) is 60.7 Å². The summed E-state index contributed by atoms with van der Waals surface area (Å²) >= 11 is 0. The van der Waals surface area contributed by atoms with Crippen LogP contribution in [0.4, 0.5) is 0 Å². The van der Waals surface area contributed by atoms with E-state index in [1.54, 1.807) is 0 Å². The Labute approximate surface area is 156 Å². The summed E-state index contributed by atoms with van der Waals surface area (Å²) in [5.41, 5.74) is 1.71. The molecular weight excluding hydrogens is 352 g/mol. The number of aliphatic hydroxyl groups is 2. The van der Waals surface area contributed by atoms with Crippen LogP contribution in [-0.4, -0.2) is 52.0 Å². The summed E-state index contributed by atoms with van der Waals surface area (Å²) in [7, 11) is 0. The third kappa shape index (κ3) is 4.91. The largest absolute Gasteiger partial charge is 0.479 e. The lowest BCUT2D eigenvalue weighted by Gasteiger charge is -2.41. The smallest absolute Gasteiger partial charge is 0.335 e. The van der Waals surface area contributed by atoms with Gasteiger partial charge in [0.15, 0.2) is 12.4 Å². The number of rotatable bonds is 7. The molecule has 3 rings (SSSR count). The Hall–Kier alpha value is -2.29. The van der Waals surface area contributed by atoms with Gasteiger partial charge in [0.1, 0.15) is 18.3 Å². The second kappa shape index (κ2) is 9.07. The van der Waals surface area contributed by atoms with Gasteiger partial charge in [-0.2, -0.15) is 0 Å². The topological polar surface area (TPSA) is 105 Å². The molecule has 0 amide bonds. The number of carboxylic acid groups (broad SMARTS) is 1. The van der Waals surface area contributed by atoms with Crippen molar-refractivity contribution in [3.05, 3.63) is 71.8 Å². The first-order valence-electron chi connectivity index (χ1n) is 8.61. The Balaban J connectivity index is 1.73. The molecule has 1 fully saturated rings. The van der Waals surface area contributed by atoms with E-state index >= 15 is 0 Å². The van der Waals surface area contributed by atoms with Crippen molar-refractivity contribution in [1.29, 1.82) is 0 Å². The Morgan fingerprint density at radius 1 is 0.852 bits per heavy atom. The molecule has 3 N–H and O–H groups in total. The third-order valence-electron chi connectivity index (χ3n) is 4.35. The molecule has 7 nitrogen and oxygen atoms in total. The van der Waals surface area contributed by atoms with Gasteiger partial charge in [-0.25, -0.2) is 4.79 Å². The van der Waals surface area contributed by atoms with Crippen LogP contribution < -0.4 is 0 Å². The summed E-state index contributed by atoms with van der Waals surface area (Å²) in [4.78, 5) is 11.3. The lowest BCUT2D eigenvalue weighted by atomic mass is 9.98. The van der Waals surface area contributed by atoms with Crippen LogP contribution in [0.2, 0.25) is 0 Å². The van der Waals surface area contributed by atoms with Crippen molar-refractivity contribution < 1.29 is 34.3 Å². The molecule has 0 radical (unpaired) electrons. The Morgan fingerprint density at radius 3 is 1.81 bits per heavy atom. The summed E-state index contributed by atoms with van der Waals surface area (Å²) in [5, 5.41) is 29.9. The molecule has 1 aliphatic rings. The highest BCUT2D eigenvalue weighted by Gasteiger charge is 2.49. The molecule has 144 valence electrons. The van der Waals surface area contributed by atoms with Crippen LogP contribution in [0.25, 0.3) is 0 Å². The summed E-state index contributed by atoms with van der Waals surface area (Å²) in [6, 6.07) is 18.5. The number of carbonyl (C=O) groups is 1. The maximum absolute atomic E-state index is 11.3. The van der Waals surface area contributed by atoms with Crippen LogP contribution in [0.5, 0.6) is 0 Å². The van der Waals surface area contributed by atoms with Gasteiger partial charge >= 0.3 is 5.97 Å². The number of hydrogen-bond donors (Lipinski definition) is 3. The highest BCUT2D eigenvalue weighted by molar-refractivity contribution is 5.73. The Bertz CT molecular complexity index is 722. The second-order valence-electron chi connectivity index (χ2n) is 6.30. The van der Waals surface area contributed by atoms with E-state index in [0.29, 0.717) is 0 Å². The second-order valence-corrected chi connectivity index (χ2v) is 6.30. The van der Waals surface area contributed by atoms with Crippen LogP contribution >= 0.6 is 0 Å². The van der Waals surface area contributed by atoms with Crippen molar-refractivity contribution in [2.45, 2.75) is 43.9 Å². The van der Waals surface area contributed by atoms with Crippen LogP contribution in [0.1, 0.15) is 11.1 Å². The van der Waals surface area contributed by atoms with Gasteiger partial charge in [0, 0.05) is 0 Å². The van der Waals surface area contributed by atoms with Crippen LogP contribution in [-0.2, 0) is 32.2 Å². The standard InChI is InChI=1S/C20H22O7/c21-15-16(25-11-13-7-3-1-4-8-13)18(20(24)27-17(15)19(22)23)26-12-14-9-5-2-6-10-14/h1-10,15-18,20-21,24H,11-12H2,(H,22,23). The Morgan fingerprint density at radius 2 is 1.33 bits per heavy atom. The van der Waals surface area contributed by atoms with Gasteiger partial charge in [-0.1, -0.05) is 60.7 Å². The molecule has 27 heavy (non-hydrogen) atoms. The normalized spacial score (nSPS) is 28.0. The van der Waals surface area contributed by atoms with Gasteiger partial charge in [-0.05, 0) is 11.1 Å². The van der Waals surface area contributed by atoms with E-state index in [1.807, 2.05) is 60.7 Å². The third-order valence-corrected chi connectivity index (χ3v) is 4.35. The molecule has 2 aromatic carbocycles. The number of hydrogen-bond acceptors (Lipinski definition) is 6. The van der Waals surface area contributed by atoms with E-state index in [4.69, 9.17) is 14.2 Å². The molecule has 2 aromatic rings. The van der Waals surface area contributed by atoms with E-state index in [2.05, 4.69) is 0 Å². The minimum atomic E-state index is -1.60. The molecule has 0 aromatic heterocycles. The lowest BCUT2D eigenvalue weighted by molar-refractivity contribution is -0.300. The molecule has 0 bridgehead atoms. The minimum Gasteiger partial charge on any atom is -0.479 e. The predicted molar refractivity (Wildman–Crippen MR) is 94.6 cm³/mol. The van der Waals surface area contributed by atoms with E-state index in [1.165, 1.54) is 0 Å². The molecule has 0 aliphatic carbocycles. The summed E-state index contributed by atoms with van der Waals surface area (Å²) in [5.74, 6) is -1.38. The number of benzene rings is 2. The average molecular weight is 374 g/mol. The fraction of sp³-hybridized carbons (Fsp3) is 0.350. The molecule has 0 saturated carbocycles. The molecule has 1 aliphatic heterocycles. The van der Waals surface area contributed by atoms with Crippen LogP contribution in [0.3, 0.4) is 0 Å². The molecule has 5 atom stereocenters. The van der Waals surface area contributed by atoms with Crippen molar-refractivity contribution in [3.63, 3.8) is 0 Å². The first-order chi connectivity index (χ1) is 13.1. The highest BCUT2D eigenvalue weighted by atomic mass is 16.7. The maximum atomic E-state index is 11.3. The van der Waals surface area contributed by atoms with Gasteiger partial charge in [0.05, 0.1) is 13.2 Å². The molecule has 0 spiro atoms. The molecule has 7 heteroatoms. The van der Waals surface area contributed by atoms with E-state index in [-0.39, 0.29) is 13.2 Å². The predicted octanol–water partition coefficient (Wildman–Crippen LogP) is 1.32. The van der Waals surface area contributed by atoms with E-state index in [9.17, 15) is 20.1 Å². The van der Waals surface area contributed by atoms with Gasteiger partial charge in [-0.3, -0.25) is 0 Å². The molecular formula is C20H22O7. The highest BCUT2D eigenvalue weighted by Crippen LogP contribution is 2.27. The summed E-state index contributed by atoms with van der Waals surface area (Å²) < 4.78 is 16.5. The molecule has 5 unspecified atom stereocenters. The number of aliphatic hydroxyl groups excluding tert-OH is 2. The van der Waals surface area contributed by atoms with Crippen molar-refractivity contribution in [2.24, 2.45) is 0 Å². The first-order valence-corrected chi connectivity index (χ1v) is 8.61. The summed E-state index contributed by atoms with van der Waals surface area (Å²) in [6.07, 6.45) is -6.75. The molecule has 1 heterocycles. The minimum absolute atomic E-state index is 0.132. The number of ether oxygens (including phenoxy) is 3. The van der Waals surface area contributed by atoms with Gasteiger partial charge < -0.3 is 29.5 Å². The quantitative estimate of drug-likeness (QED) is 0.671. The van der Waals surface area contributed by atoms with Gasteiger partial charge in [-0.15, -0.1) is 0 Å². The fourth-order valence-electron chi connectivity index (χ4n) is 2.95. The lowest BCUT2D eigenvalue weighted by Crippen LogP contribution is -2.61. The van der Waals surface area contributed by atoms with Gasteiger partial charge in [0.2, 0.25) is 0 Å². The maximum Gasteiger partial charge on any atom is 0.335 e. The zero-order valence-electron chi connectivity index (χ0n) is 14.5. The zero-order chi connectivity index (χ0) is 19.2. The molecule has 1 saturated heterocycles. The average Bonchev–Trinajstić information content (AvgIpc) is 2.68.